The van der Waals surface area contributed by atoms with Gasteiger partial charge in [0.05, 0.1) is 24.4 Å². The molecule has 24 nitrogen and oxygen atoms in total. The summed E-state index contributed by atoms with van der Waals surface area (Å²) in [5.74, 6) is -13.2. The van der Waals surface area contributed by atoms with Crippen molar-refractivity contribution in [1.82, 2.24) is 31.9 Å². The topological polar surface area (TPSA) is 404 Å². The van der Waals surface area contributed by atoms with Crippen LogP contribution in [0.5, 0.6) is 0 Å². The average Bonchev–Trinajstić information content (AvgIpc) is 3.32. The fourth-order valence-corrected chi connectivity index (χ4v) is 8.65. The molecular weight excluding hydrogens is 987 g/mol. The SMILES string of the molecule is CCSSC[C@@H](CC(=O)[C@H](CC(=O)O)NC(=O)[C@@H](N)CNC(=O)[C@@H](CC(=O)[C@H](Cc1ccccc1)NC(=O)CCNC(=O)CC[C@H](NC(=O)N[C@@H](CCC(=O)O)C(=O)O)C(=O)O)Cc1ccccc1)C(=O)O. The molecule has 0 radical (unpaired) electrons. The minimum absolute atomic E-state index is 0.00754. The summed E-state index contributed by atoms with van der Waals surface area (Å²) in [5.41, 5.74) is 7.38. The van der Waals surface area contributed by atoms with E-state index in [-0.39, 0.29) is 31.6 Å². The Kier molecular flexibility index (Phi) is 27.8. The van der Waals surface area contributed by atoms with Crippen molar-refractivity contribution in [3.05, 3.63) is 71.8 Å². The fourth-order valence-electron chi connectivity index (χ4n) is 6.69. The van der Waals surface area contributed by atoms with Crippen LogP contribution in [0.1, 0.15) is 69.4 Å². The molecule has 0 aliphatic heterocycles. The molecule has 0 aromatic heterocycles. The minimum Gasteiger partial charge on any atom is -0.481 e. The first-order valence-corrected chi connectivity index (χ1v) is 25.0. The van der Waals surface area contributed by atoms with E-state index in [0.717, 1.165) is 0 Å². The molecule has 0 fully saturated rings. The van der Waals surface area contributed by atoms with E-state index in [0.29, 0.717) is 16.9 Å². The highest BCUT2D eigenvalue weighted by Gasteiger charge is 2.33. The van der Waals surface area contributed by atoms with Gasteiger partial charge < -0.3 is 63.2 Å². The van der Waals surface area contributed by atoms with Gasteiger partial charge in [0.2, 0.25) is 23.6 Å². The number of amides is 6. The minimum atomic E-state index is -1.66. The van der Waals surface area contributed by atoms with Gasteiger partial charge in [0.15, 0.2) is 11.6 Å². The highest BCUT2D eigenvalue weighted by Crippen LogP contribution is 2.25. The van der Waals surface area contributed by atoms with Crippen LogP contribution in [0.3, 0.4) is 0 Å². The Morgan fingerprint density at radius 1 is 0.528 bits per heavy atom. The van der Waals surface area contributed by atoms with Gasteiger partial charge in [0.1, 0.15) is 18.1 Å². The Bertz CT molecular complexity index is 2210. The number of carboxylic acids is 5. The molecule has 0 spiro atoms. The molecule has 7 atom stereocenters. The Hall–Kier alpha value is -7.06. The maximum atomic E-state index is 14.1. The summed E-state index contributed by atoms with van der Waals surface area (Å²) in [4.78, 5) is 150. The lowest BCUT2D eigenvalue weighted by molar-refractivity contribution is -0.144. The number of aliphatic carboxylic acids is 5. The second kappa shape index (κ2) is 32.8. The predicted octanol–water partition coefficient (Wildman–Crippen LogP) is 0.353. The van der Waals surface area contributed by atoms with Crippen molar-refractivity contribution in [2.45, 2.75) is 101 Å². The Morgan fingerprint density at radius 3 is 1.60 bits per heavy atom. The summed E-state index contributed by atoms with van der Waals surface area (Å²) >= 11 is 0. The number of nitrogens with one attached hydrogen (secondary N) is 6. The van der Waals surface area contributed by atoms with Crippen LogP contribution in [0.4, 0.5) is 4.79 Å². The summed E-state index contributed by atoms with van der Waals surface area (Å²) in [6.45, 7) is 1.06. The van der Waals surface area contributed by atoms with Crippen LogP contribution < -0.4 is 37.6 Å². The van der Waals surface area contributed by atoms with E-state index in [1.54, 1.807) is 60.7 Å². The number of rotatable bonds is 36. The number of benzene rings is 2. The molecule has 0 unspecified atom stereocenters. The monoisotopic (exact) mass is 1050 g/mol. The van der Waals surface area contributed by atoms with Crippen LogP contribution in [0.25, 0.3) is 0 Å². The summed E-state index contributed by atoms with van der Waals surface area (Å²) < 4.78 is 0. The lowest BCUT2D eigenvalue weighted by atomic mass is 9.89. The van der Waals surface area contributed by atoms with Gasteiger partial charge in [0.25, 0.3) is 0 Å². The molecule has 13 N–H and O–H groups in total. The number of urea groups is 1. The van der Waals surface area contributed by atoms with Crippen molar-refractivity contribution >= 4 is 92.7 Å². The van der Waals surface area contributed by atoms with Gasteiger partial charge in [0, 0.05) is 62.6 Å². The molecule has 2 rings (SSSR count). The first-order chi connectivity index (χ1) is 34.1. The van der Waals surface area contributed by atoms with E-state index < -0.39 is 165 Å². The number of carbonyl (C=O) groups excluding carboxylic acids is 7. The molecule has 72 heavy (non-hydrogen) atoms. The number of hydrogen-bond donors (Lipinski definition) is 12. The van der Waals surface area contributed by atoms with Crippen LogP contribution in [0.2, 0.25) is 0 Å². The number of carbonyl (C=O) groups is 12. The van der Waals surface area contributed by atoms with E-state index in [1.807, 2.05) is 17.6 Å². The van der Waals surface area contributed by atoms with Crippen molar-refractivity contribution in [3.63, 3.8) is 0 Å². The van der Waals surface area contributed by atoms with Gasteiger partial charge in [-0.25, -0.2) is 14.4 Å². The quantitative estimate of drug-likeness (QED) is 0.0324. The van der Waals surface area contributed by atoms with Crippen LogP contribution in [-0.4, -0.2) is 151 Å². The highest BCUT2D eigenvalue weighted by molar-refractivity contribution is 8.76. The molecule has 0 saturated carbocycles. The van der Waals surface area contributed by atoms with E-state index in [4.69, 9.17) is 10.8 Å². The van der Waals surface area contributed by atoms with E-state index in [9.17, 15) is 78.0 Å². The molecule has 6 amide bonds. The zero-order valence-electron chi connectivity index (χ0n) is 39.2. The zero-order valence-corrected chi connectivity index (χ0v) is 40.9. The summed E-state index contributed by atoms with van der Waals surface area (Å²) in [7, 11) is 2.61. The molecule has 394 valence electrons. The molecule has 0 bridgehead atoms. The Labute approximate surface area is 421 Å². The van der Waals surface area contributed by atoms with E-state index >= 15 is 0 Å². The molecule has 0 aliphatic rings. The van der Waals surface area contributed by atoms with Crippen molar-refractivity contribution in [2.75, 3.05) is 24.6 Å². The number of carboxylic acid groups (broad SMARTS) is 5. The standard InChI is InChI=1S/C46H61N7O17S2/c1-2-71-72-25-29(43(64)65)22-36(55)34(23-40(60)61)51-42(63)30(47)24-49-41(62)28(19-26-9-5-3-6-10-26)21-35(54)33(20-27-11-7-4-8-12-27)50-38(57)17-18-48-37(56)15-13-31(44(66)67)52-46(70)53-32(45(68)69)14-16-39(58)59/h3-12,28-34H,2,13-25,47H2,1H3,(H,48,56)(H,49,62)(H,50,57)(H,51,63)(H,58,59)(H,60,61)(H,64,65)(H,66,67)(H,68,69)(H2,52,53,70)/t28-,29-,30+,31+,32+,33+,34+/m1/s1. The van der Waals surface area contributed by atoms with Crippen molar-refractivity contribution in [3.8, 4) is 0 Å². The number of Topliss-reactive ketones (excluding diaryl/α,β-unsaturated/α-hetero) is 2. The second-order valence-corrected chi connectivity index (χ2v) is 19.0. The third-order valence-corrected chi connectivity index (χ3v) is 13.1. The maximum Gasteiger partial charge on any atom is 0.326 e. The van der Waals surface area contributed by atoms with Gasteiger partial charge in [-0.1, -0.05) is 89.2 Å². The molecule has 2 aromatic carbocycles. The number of hydrogen-bond acceptors (Lipinski definition) is 15. The van der Waals surface area contributed by atoms with E-state index in [1.165, 1.54) is 21.6 Å². The van der Waals surface area contributed by atoms with Crippen molar-refractivity contribution < 1.29 is 83.1 Å². The number of ketones is 2. The molecule has 0 heterocycles. The largest absolute Gasteiger partial charge is 0.481 e. The second-order valence-electron chi connectivity index (χ2n) is 16.2. The number of nitrogens with two attached hydrogens (primary N) is 1. The lowest BCUT2D eigenvalue weighted by Gasteiger charge is -2.23. The third kappa shape index (κ3) is 24.7. The first kappa shape index (κ1) is 61.1. The van der Waals surface area contributed by atoms with Crippen LogP contribution in [-0.2, 0) is 65.6 Å². The predicted molar refractivity (Wildman–Crippen MR) is 260 cm³/mol. The normalized spacial score (nSPS) is 13.8. The van der Waals surface area contributed by atoms with Gasteiger partial charge >= 0.3 is 35.9 Å². The Balaban J connectivity index is 2.13. The Morgan fingerprint density at radius 2 is 1.07 bits per heavy atom. The molecule has 0 saturated heterocycles. The van der Waals surface area contributed by atoms with E-state index in [2.05, 4.69) is 21.3 Å². The van der Waals surface area contributed by atoms with Gasteiger partial charge in [-0.15, -0.1) is 0 Å². The average molecular weight is 1050 g/mol. The smallest absolute Gasteiger partial charge is 0.326 e. The van der Waals surface area contributed by atoms with Gasteiger partial charge in [-0.05, 0) is 36.8 Å². The molecular formula is C46H61N7O17S2. The third-order valence-electron chi connectivity index (χ3n) is 10.5. The molecule has 26 heteroatoms. The van der Waals surface area contributed by atoms with Crippen molar-refractivity contribution in [1.29, 1.82) is 0 Å². The fraction of sp³-hybridized carbons (Fsp3) is 0.478. The van der Waals surface area contributed by atoms with Gasteiger partial charge in [-0.2, -0.15) is 0 Å². The first-order valence-electron chi connectivity index (χ1n) is 22.6. The van der Waals surface area contributed by atoms with Crippen LogP contribution in [0, 0.1) is 11.8 Å². The summed E-state index contributed by atoms with van der Waals surface area (Å²) in [6, 6.07) is 8.34. The molecule has 2 aromatic rings. The summed E-state index contributed by atoms with van der Waals surface area (Å²) in [6.07, 6.45) is -4.19. The van der Waals surface area contributed by atoms with Gasteiger partial charge in [-0.3, -0.25) is 43.2 Å². The van der Waals surface area contributed by atoms with Crippen LogP contribution in [0.15, 0.2) is 60.7 Å². The van der Waals surface area contributed by atoms with Crippen LogP contribution >= 0.6 is 21.6 Å². The molecule has 0 aliphatic carbocycles. The highest BCUT2D eigenvalue weighted by atomic mass is 33.1. The lowest BCUT2D eigenvalue weighted by Crippen LogP contribution is -2.53. The summed E-state index contributed by atoms with van der Waals surface area (Å²) in [5, 5.41) is 60.6. The zero-order chi connectivity index (χ0) is 53.8. The van der Waals surface area contributed by atoms with Crippen molar-refractivity contribution in [2.24, 2.45) is 17.6 Å². The maximum absolute atomic E-state index is 14.1.